The zero-order valence-corrected chi connectivity index (χ0v) is 11.5. The monoisotopic (exact) mass is 281 g/mol. The summed E-state index contributed by atoms with van der Waals surface area (Å²) in [4.78, 5) is 2.02. The number of hydrogen-bond acceptors (Lipinski definition) is 7. The van der Waals surface area contributed by atoms with Crippen LogP contribution in [0.15, 0.2) is 6.07 Å². The molecule has 110 valence electrons. The molecule has 0 amide bonds. The Bertz CT molecular complexity index is 520. The second-order valence-corrected chi connectivity index (χ2v) is 5.00. The molecule has 1 N–H and O–H groups in total. The summed E-state index contributed by atoms with van der Waals surface area (Å²) in [7, 11) is 3.48. The van der Waals surface area contributed by atoms with Gasteiger partial charge in [0.05, 0.1) is 13.2 Å². The summed E-state index contributed by atoms with van der Waals surface area (Å²) in [5, 5.41) is 20.1. The minimum Gasteiger partial charge on any atom is -0.762 e. The van der Waals surface area contributed by atoms with Gasteiger partial charge in [0.1, 0.15) is 0 Å². The van der Waals surface area contributed by atoms with Crippen LogP contribution in [-0.2, 0) is 6.42 Å². The van der Waals surface area contributed by atoms with Gasteiger partial charge >= 0.3 is 0 Å². The molecule has 0 radical (unpaired) electrons. The topological polar surface area (TPSA) is 77.5 Å². The van der Waals surface area contributed by atoms with Gasteiger partial charge in [-0.25, -0.2) is 0 Å². The van der Waals surface area contributed by atoms with Crippen molar-refractivity contribution in [2.75, 3.05) is 34.0 Å². The number of hydrogen-bond donors (Lipinski definition) is 1. The van der Waals surface area contributed by atoms with Crippen LogP contribution < -0.4 is 14.2 Å². The zero-order valence-electron chi connectivity index (χ0n) is 11.5. The number of likely N-dealkylation sites (N-methyl/N-ethyl adjacent to an activating group) is 1. The highest BCUT2D eigenvalue weighted by molar-refractivity contribution is 5.61. The fourth-order valence-electron chi connectivity index (χ4n) is 2.90. The van der Waals surface area contributed by atoms with Crippen LogP contribution in [-0.4, -0.2) is 49.4 Å². The van der Waals surface area contributed by atoms with Gasteiger partial charge in [0.25, 0.3) is 0 Å². The van der Waals surface area contributed by atoms with Crippen LogP contribution in [0.3, 0.4) is 0 Å². The van der Waals surface area contributed by atoms with Crippen molar-refractivity contribution in [1.29, 1.82) is 0 Å². The van der Waals surface area contributed by atoms with E-state index in [0.717, 1.165) is 24.1 Å². The lowest BCUT2D eigenvalue weighted by atomic mass is 9.91. The maximum Gasteiger partial charge on any atom is 0.231 e. The Morgan fingerprint density at radius 1 is 1.55 bits per heavy atom. The van der Waals surface area contributed by atoms with Gasteiger partial charge in [-0.05, 0) is 25.1 Å². The van der Waals surface area contributed by atoms with E-state index in [-0.39, 0.29) is 24.6 Å². The number of fused-ring (bicyclic) bond motifs is 2. The predicted octanol–water partition coefficient (Wildman–Crippen LogP) is 1.14. The average Bonchev–Trinajstić information content (AvgIpc) is 2.87. The van der Waals surface area contributed by atoms with Crippen molar-refractivity contribution in [1.82, 2.24) is 10.1 Å². The van der Waals surface area contributed by atoms with Crippen LogP contribution in [0, 0.1) is 5.21 Å². The highest BCUT2D eigenvalue weighted by Crippen LogP contribution is 2.49. The Kier molecular flexibility index (Phi) is 3.43. The van der Waals surface area contributed by atoms with Gasteiger partial charge in [0, 0.05) is 18.7 Å². The molecule has 0 bridgehead atoms. The summed E-state index contributed by atoms with van der Waals surface area (Å²) in [6.45, 7) is 0.927. The van der Waals surface area contributed by atoms with Crippen molar-refractivity contribution < 1.29 is 19.4 Å². The van der Waals surface area contributed by atoms with Crippen molar-refractivity contribution in [2.45, 2.75) is 12.5 Å². The molecule has 0 saturated carbocycles. The van der Waals surface area contributed by atoms with Gasteiger partial charge < -0.3 is 24.6 Å². The third-order valence-corrected chi connectivity index (χ3v) is 3.88. The number of methoxy groups -OCH3 is 1. The molecule has 0 unspecified atom stereocenters. The molecule has 0 aromatic heterocycles. The Balaban J connectivity index is 2.12. The first-order valence-corrected chi connectivity index (χ1v) is 6.45. The Labute approximate surface area is 116 Å². The van der Waals surface area contributed by atoms with Gasteiger partial charge in [0.15, 0.2) is 11.5 Å². The molecule has 1 aromatic carbocycles. The smallest absolute Gasteiger partial charge is 0.231 e. The summed E-state index contributed by atoms with van der Waals surface area (Å²) in [5.74, 6) is 1.84. The highest BCUT2D eigenvalue weighted by atomic mass is 16.8. The molecule has 0 aliphatic carbocycles. The standard InChI is InChI=1S/C13H17N2O5/c1-14-4-3-8-5-10-12(20-7-19-10)13(18-2)11(8)9(14)6-15(16)17/h5,9,16H,3-4,6-7H2,1-2H3/q-1/t9-/m0/s1. The molecule has 0 saturated heterocycles. The lowest BCUT2D eigenvalue weighted by Crippen LogP contribution is -2.38. The fraction of sp³-hybridized carbons (Fsp3) is 0.538. The lowest BCUT2D eigenvalue weighted by Gasteiger charge is -2.38. The van der Waals surface area contributed by atoms with Crippen molar-refractivity contribution in [3.05, 3.63) is 22.4 Å². The van der Waals surface area contributed by atoms with E-state index in [1.165, 1.54) is 0 Å². The van der Waals surface area contributed by atoms with Crippen molar-refractivity contribution in [3.8, 4) is 17.2 Å². The first-order valence-electron chi connectivity index (χ1n) is 6.45. The van der Waals surface area contributed by atoms with Crippen molar-refractivity contribution in [3.63, 3.8) is 0 Å². The second kappa shape index (κ2) is 5.10. The van der Waals surface area contributed by atoms with Crippen molar-refractivity contribution in [2.24, 2.45) is 0 Å². The van der Waals surface area contributed by atoms with Crippen LogP contribution in [0.1, 0.15) is 17.2 Å². The molecule has 0 fully saturated rings. The molecular formula is C13H17N2O5-. The summed E-state index contributed by atoms with van der Waals surface area (Å²) in [6, 6.07) is 1.69. The second-order valence-electron chi connectivity index (χ2n) is 5.00. The molecule has 2 aliphatic rings. The third-order valence-electron chi connectivity index (χ3n) is 3.88. The van der Waals surface area contributed by atoms with Gasteiger partial charge in [-0.2, -0.15) is 0 Å². The SMILES string of the molecule is COc1c2c(cc3c1[C@H](CN([O-])O)N(C)CC3)OCO2. The Morgan fingerprint density at radius 3 is 3.05 bits per heavy atom. The predicted molar refractivity (Wildman–Crippen MR) is 70.1 cm³/mol. The van der Waals surface area contributed by atoms with E-state index >= 15 is 0 Å². The van der Waals surface area contributed by atoms with E-state index in [1.807, 2.05) is 18.0 Å². The van der Waals surface area contributed by atoms with E-state index in [4.69, 9.17) is 19.4 Å². The van der Waals surface area contributed by atoms with Crippen LogP contribution in [0.25, 0.3) is 0 Å². The van der Waals surface area contributed by atoms with Gasteiger partial charge in [-0.3, -0.25) is 10.1 Å². The number of rotatable bonds is 3. The first-order chi connectivity index (χ1) is 9.61. The highest BCUT2D eigenvalue weighted by Gasteiger charge is 2.33. The maximum atomic E-state index is 11.0. The number of nitrogens with zero attached hydrogens (tertiary/aromatic N) is 2. The normalized spacial score (nSPS) is 21.1. The Hall–Kier alpha value is -1.54. The van der Waals surface area contributed by atoms with Gasteiger partial charge in [-0.15, -0.1) is 0 Å². The minimum absolute atomic E-state index is 0.0414. The molecular weight excluding hydrogens is 264 g/mol. The quantitative estimate of drug-likeness (QED) is 0.832. The van der Waals surface area contributed by atoms with Gasteiger partial charge in [-0.1, -0.05) is 0 Å². The number of ether oxygens (including phenoxy) is 3. The lowest BCUT2D eigenvalue weighted by molar-refractivity contribution is -0.0595. The molecule has 3 rings (SSSR count). The summed E-state index contributed by atoms with van der Waals surface area (Å²) >= 11 is 0. The minimum atomic E-state index is -0.245. The molecule has 2 heterocycles. The van der Waals surface area contributed by atoms with Crippen LogP contribution in [0.4, 0.5) is 0 Å². The molecule has 20 heavy (non-hydrogen) atoms. The van der Waals surface area contributed by atoms with Crippen LogP contribution in [0.2, 0.25) is 0 Å². The Morgan fingerprint density at radius 2 is 2.35 bits per heavy atom. The summed E-state index contributed by atoms with van der Waals surface area (Å²) in [5.41, 5.74) is 1.96. The van der Waals surface area contributed by atoms with Crippen LogP contribution >= 0.6 is 0 Å². The van der Waals surface area contributed by atoms with E-state index in [2.05, 4.69) is 0 Å². The number of benzene rings is 1. The van der Waals surface area contributed by atoms with E-state index in [0.29, 0.717) is 17.2 Å². The largest absolute Gasteiger partial charge is 0.762 e. The maximum absolute atomic E-state index is 11.0. The number of hydroxylamine groups is 2. The molecule has 7 nitrogen and oxygen atoms in total. The molecule has 7 heteroatoms. The van der Waals surface area contributed by atoms with E-state index < -0.39 is 0 Å². The fourth-order valence-corrected chi connectivity index (χ4v) is 2.90. The van der Waals surface area contributed by atoms with E-state index in [1.54, 1.807) is 7.11 Å². The molecule has 0 spiro atoms. The first kappa shape index (κ1) is 13.4. The van der Waals surface area contributed by atoms with Crippen molar-refractivity contribution >= 4 is 0 Å². The van der Waals surface area contributed by atoms with Gasteiger partial charge in [0.2, 0.25) is 12.5 Å². The summed E-state index contributed by atoms with van der Waals surface area (Å²) < 4.78 is 16.3. The molecule has 1 aromatic rings. The van der Waals surface area contributed by atoms with E-state index in [9.17, 15) is 5.21 Å². The summed E-state index contributed by atoms with van der Waals surface area (Å²) in [6.07, 6.45) is 0.833. The zero-order chi connectivity index (χ0) is 14.3. The molecule has 1 atom stereocenters. The third kappa shape index (κ3) is 2.08. The molecule has 2 aliphatic heterocycles. The average molecular weight is 281 g/mol. The van der Waals surface area contributed by atoms with Crippen LogP contribution in [0.5, 0.6) is 17.2 Å².